The summed E-state index contributed by atoms with van der Waals surface area (Å²) in [5.41, 5.74) is -0.849. The Balaban J connectivity index is 2.74. The molecular formula is C8H13NO4. The van der Waals surface area contributed by atoms with Crippen LogP contribution in [-0.4, -0.2) is 40.3 Å². The maximum absolute atomic E-state index is 10.9. The van der Waals surface area contributed by atoms with Crippen LogP contribution in [0.3, 0.4) is 0 Å². The minimum absolute atomic E-state index is 0.119. The Bertz CT molecular complexity index is 240. The number of carboxylic acid groups (broad SMARTS) is 2. The third-order valence-corrected chi connectivity index (χ3v) is 2.75. The average Bonchev–Trinajstić information content (AvgIpc) is 2.49. The summed E-state index contributed by atoms with van der Waals surface area (Å²) in [6, 6.07) is 0. The molecule has 1 aliphatic heterocycles. The van der Waals surface area contributed by atoms with E-state index in [4.69, 9.17) is 10.2 Å². The molecule has 0 bridgehead atoms. The van der Waals surface area contributed by atoms with Crippen molar-refractivity contribution in [2.24, 2.45) is 5.41 Å². The summed E-state index contributed by atoms with van der Waals surface area (Å²) in [6.45, 7) is 2.23. The molecule has 74 valence electrons. The molecule has 13 heavy (non-hydrogen) atoms. The van der Waals surface area contributed by atoms with Crippen LogP contribution in [0.5, 0.6) is 0 Å². The monoisotopic (exact) mass is 187 g/mol. The molecular weight excluding hydrogens is 174 g/mol. The van der Waals surface area contributed by atoms with Gasteiger partial charge in [0.1, 0.15) is 0 Å². The second kappa shape index (κ2) is 3.24. The minimum atomic E-state index is -1.03. The lowest BCUT2D eigenvalue weighted by molar-refractivity contribution is -0.148. The molecule has 1 fully saturated rings. The summed E-state index contributed by atoms with van der Waals surface area (Å²) in [5.74, 6) is -0.890. The van der Waals surface area contributed by atoms with E-state index in [2.05, 4.69) is 0 Å². The normalized spacial score (nSPS) is 27.6. The first-order valence-electron chi connectivity index (χ1n) is 4.23. The van der Waals surface area contributed by atoms with E-state index in [-0.39, 0.29) is 6.54 Å². The average molecular weight is 187 g/mol. The maximum atomic E-state index is 10.9. The predicted molar refractivity (Wildman–Crippen MR) is 44.6 cm³/mol. The molecule has 0 spiro atoms. The van der Waals surface area contributed by atoms with E-state index in [1.807, 2.05) is 0 Å². The number of aliphatic carboxylic acids is 1. The third-order valence-electron chi connectivity index (χ3n) is 2.75. The standard InChI is InChI=1S/C8H13NO4/c1-2-8(6(10)11)3-4-9(5-8)7(12)13/h2-5H2,1H3,(H,10,11)(H,12,13). The van der Waals surface area contributed by atoms with Gasteiger partial charge in [-0.25, -0.2) is 4.79 Å². The van der Waals surface area contributed by atoms with Crippen LogP contribution in [0.4, 0.5) is 4.79 Å². The number of likely N-dealkylation sites (tertiary alicyclic amines) is 1. The highest BCUT2D eigenvalue weighted by atomic mass is 16.4. The van der Waals surface area contributed by atoms with Crippen molar-refractivity contribution in [2.75, 3.05) is 13.1 Å². The van der Waals surface area contributed by atoms with E-state index in [1.54, 1.807) is 6.92 Å². The first-order chi connectivity index (χ1) is 6.02. The van der Waals surface area contributed by atoms with Crippen LogP contribution in [0.1, 0.15) is 19.8 Å². The van der Waals surface area contributed by atoms with Crippen molar-refractivity contribution in [3.8, 4) is 0 Å². The Morgan fingerprint density at radius 1 is 1.46 bits per heavy atom. The molecule has 1 rings (SSSR count). The van der Waals surface area contributed by atoms with Gasteiger partial charge in [-0.15, -0.1) is 0 Å². The number of nitrogens with zero attached hydrogens (tertiary/aromatic N) is 1. The molecule has 1 aliphatic rings. The van der Waals surface area contributed by atoms with E-state index >= 15 is 0 Å². The van der Waals surface area contributed by atoms with Gasteiger partial charge in [-0.2, -0.15) is 0 Å². The zero-order chi connectivity index (χ0) is 10.1. The van der Waals surface area contributed by atoms with Crippen LogP contribution in [0, 0.1) is 5.41 Å². The SMILES string of the molecule is CCC1(C(=O)O)CCN(C(=O)O)C1. The lowest BCUT2D eigenvalue weighted by atomic mass is 9.84. The van der Waals surface area contributed by atoms with Gasteiger partial charge in [0.2, 0.25) is 0 Å². The van der Waals surface area contributed by atoms with Gasteiger partial charge < -0.3 is 15.1 Å². The molecule has 5 heteroatoms. The van der Waals surface area contributed by atoms with Gasteiger partial charge in [0, 0.05) is 13.1 Å². The smallest absolute Gasteiger partial charge is 0.407 e. The molecule has 0 aromatic carbocycles. The summed E-state index contributed by atoms with van der Waals surface area (Å²) in [7, 11) is 0. The van der Waals surface area contributed by atoms with Crippen LogP contribution in [0.15, 0.2) is 0 Å². The molecule has 1 amide bonds. The van der Waals surface area contributed by atoms with Crippen LogP contribution in [0.2, 0.25) is 0 Å². The fourth-order valence-corrected chi connectivity index (χ4v) is 1.65. The van der Waals surface area contributed by atoms with Crippen LogP contribution < -0.4 is 0 Å². The molecule has 2 N–H and O–H groups in total. The minimum Gasteiger partial charge on any atom is -0.481 e. The number of amides is 1. The van der Waals surface area contributed by atoms with Crippen molar-refractivity contribution in [1.82, 2.24) is 4.90 Å². The predicted octanol–water partition coefficient (Wildman–Crippen LogP) is 0.851. The molecule has 0 saturated carbocycles. The number of hydrogen-bond donors (Lipinski definition) is 2. The molecule has 1 saturated heterocycles. The zero-order valence-electron chi connectivity index (χ0n) is 7.49. The molecule has 0 radical (unpaired) electrons. The molecule has 1 atom stereocenters. The molecule has 1 heterocycles. The highest BCUT2D eigenvalue weighted by molar-refractivity contribution is 5.77. The highest BCUT2D eigenvalue weighted by Gasteiger charge is 2.44. The van der Waals surface area contributed by atoms with Crippen molar-refractivity contribution >= 4 is 12.1 Å². The highest BCUT2D eigenvalue weighted by Crippen LogP contribution is 2.33. The Kier molecular flexibility index (Phi) is 2.45. The Hall–Kier alpha value is -1.26. The van der Waals surface area contributed by atoms with E-state index in [9.17, 15) is 9.59 Å². The van der Waals surface area contributed by atoms with Gasteiger partial charge >= 0.3 is 12.1 Å². The van der Waals surface area contributed by atoms with Crippen molar-refractivity contribution in [3.63, 3.8) is 0 Å². The number of carbonyl (C=O) groups is 2. The maximum Gasteiger partial charge on any atom is 0.407 e. The lowest BCUT2D eigenvalue weighted by Crippen LogP contribution is -2.35. The summed E-state index contributed by atoms with van der Waals surface area (Å²) >= 11 is 0. The number of hydrogen-bond acceptors (Lipinski definition) is 2. The van der Waals surface area contributed by atoms with E-state index < -0.39 is 17.5 Å². The molecule has 0 aromatic rings. The topological polar surface area (TPSA) is 77.8 Å². The Morgan fingerprint density at radius 3 is 2.31 bits per heavy atom. The third kappa shape index (κ3) is 1.59. The summed E-state index contributed by atoms with van der Waals surface area (Å²) in [6.07, 6.45) is -0.131. The summed E-state index contributed by atoms with van der Waals surface area (Å²) in [4.78, 5) is 22.6. The first-order valence-corrected chi connectivity index (χ1v) is 4.23. The van der Waals surface area contributed by atoms with Gasteiger partial charge in [-0.05, 0) is 12.8 Å². The molecule has 0 aliphatic carbocycles. The van der Waals surface area contributed by atoms with Crippen molar-refractivity contribution in [3.05, 3.63) is 0 Å². The van der Waals surface area contributed by atoms with E-state index in [0.717, 1.165) is 4.90 Å². The summed E-state index contributed by atoms with van der Waals surface area (Å²) < 4.78 is 0. The fourth-order valence-electron chi connectivity index (χ4n) is 1.65. The molecule has 1 unspecified atom stereocenters. The van der Waals surface area contributed by atoms with E-state index in [0.29, 0.717) is 19.4 Å². The number of carboxylic acids is 1. The van der Waals surface area contributed by atoms with Crippen molar-refractivity contribution in [1.29, 1.82) is 0 Å². The lowest BCUT2D eigenvalue weighted by Gasteiger charge is -2.21. The van der Waals surface area contributed by atoms with Crippen LogP contribution in [-0.2, 0) is 4.79 Å². The largest absolute Gasteiger partial charge is 0.481 e. The molecule has 5 nitrogen and oxygen atoms in total. The van der Waals surface area contributed by atoms with Crippen LogP contribution >= 0.6 is 0 Å². The molecule has 0 aromatic heterocycles. The van der Waals surface area contributed by atoms with Crippen molar-refractivity contribution < 1.29 is 19.8 Å². The van der Waals surface area contributed by atoms with Crippen LogP contribution in [0.25, 0.3) is 0 Å². The first kappa shape index (κ1) is 9.83. The quantitative estimate of drug-likeness (QED) is 0.671. The van der Waals surface area contributed by atoms with Gasteiger partial charge in [0.05, 0.1) is 5.41 Å². The fraction of sp³-hybridized carbons (Fsp3) is 0.750. The summed E-state index contributed by atoms with van der Waals surface area (Å²) in [5, 5.41) is 17.6. The number of rotatable bonds is 2. The van der Waals surface area contributed by atoms with Crippen molar-refractivity contribution in [2.45, 2.75) is 19.8 Å². The Morgan fingerprint density at radius 2 is 2.08 bits per heavy atom. The van der Waals surface area contributed by atoms with Gasteiger partial charge in [-0.1, -0.05) is 6.92 Å². The van der Waals surface area contributed by atoms with Gasteiger partial charge in [0.25, 0.3) is 0 Å². The Labute approximate surface area is 76.0 Å². The second-order valence-electron chi connectivity index (χ2n) is 3.39. The van der Waals surface area contributed by atoms with E-state index in [1.165, 1.54) is 0 Å². The van der Waals surface area contributed by atoms with Gasteiger partial charge in [-0.3, -0.25) is 4.79 Å². The van der Waals surface area contributed by atoms with Gasteiger partial charge in [0.15, 0.2) is 0 Å². The second-order valence-corrected chi connectivity index (χ2v) is 3.39. The zero-order valence-corrected chi connectivity index (χ0v) is 7.49.